The molecule has 172 valence electrons. The van der Waals surface area contributed by atoms with E-state index in [9.17, 15) is 9.59 Å². The third kappa shape index (κ3) is 7.80. The molecule has 2 aromatic carbocycles. The number of nitrogens with zero attached hydrogens (tertiary/aromatic N) is 2. The maximum atomic E-state index is 12.0. The molecule has 0 aliphatic rings. The summed E-state index contributed by atoms with van der Waals surface area (Å²) in [6.07, 6.45) is 0. The normalized spacial score (nSPS) is 10.2. The van der Waals surface area contributed by atoms with Crippen LogP contribution in [0.4, 0.5) is 5.69 Å². The number of carbonyl (C=O) groups is 2. The van der Waals surface area contributed by atoms with Gasteiger partial charge in [-0.05, 0) is 49.4 Å². The highest BCUT2D eigenvalue weighted by Gasteiger charge is 2.06. The second-order valence-electron chi connectivity index (χ2n) is 6.91. The van der Waals surface area contributed by atoms with E-state index in [0.29, 0.717) is 23.9 Å². The third-order valence-corrected chi connectivity index (χ3v) is 4.30. The van der Waals surface area contributed by atoms with Crippen LogP contribution in [-0.2, 0) is 9.59 Å². The summed E-state index contributed by atoms with van der Waals surface area (Å²) in [5, 5.41) is 13.6. The highest BCUT2D eigenvalue weighted by molar-refractivity contribution is 5.88. The SMILES string of the molecule is CCOc1ccc(-c2ccc(OCCNC(=O)COc3cccc(NC(C)=O)c3)nn2)cc1. The van der Waals surface area contributed by atoms with Crippen molar-refractivity contribution in [3.05, 3.63) is 60.7 Å². The second kappa shape index (κ2) is 12.0. The van der Waals surface area contributed by atoms with Crippen LogP contribution in [0.2, 0.25) is 0 Å². The zero-order chi connectivity index (χ0) is 23.5. The summed E-state index contributed by atoms with van der Waals surface area (Å²) in [4.78, 5) is 23.1. The molecule has 2 amide bonds. The number of hydrogen-bond donors (Lipinski definition) is 2. The number of hydrogen-bond acceptors (Lipinski definition) is 7. The smallest absolute Gasteiger partial charge is 0.258 e. The van der Waals surface area contributed by atoms with Crippen LogP contribution >= 0.6 is 0 Å². The third-order valence-electron chi connectivity index (χ3n) is 4.30. The average molecular weight is 450 g/mol. The van der Waals surface area contributed by atoms with Crippen LogP contribution in [0.25, 0.3) is 11.3 Å². The Labute approximate surface area is 192 Å². The fraction of sp³-hybridized carbons (Fsp3) is 0.250. The van der Waals surface area contributed by atoms with Crippen LogP contribution in [0.5, 0.6) is 17.4 Å². The van der Waals surface area contributed by atoms with Gasteiger partial charge in [-0.25, -0.2) is 0 Å². The molecule has 9 heteroatoms. The number of carbonyl (C=O) groups excluding carboxylic acids is 2. The van der Waals surface area contributed by atoms with E-state index in [1.165, 1.54) is 6.92 Å². The molecule has 0 bridgehead atoms. The monoisotopic (exact) mass is 450 g/mol. The van der Waals surface area contributed by atoms with Crippen LogP contribution in [0.1, 0.15) is 13.8 Å². The second-order valence-corrected chi connectivity index (χ2v) is 6.91. The summed E-state index contributed by atoms with van der Waals surface area (Å²) in [6.45, 7) is 4.35. The molecule has 0 saturated heterocycles. The van der Waals surface area contributed by atoms with E-state index >= 15 is 0 Å². The fourth-order valence-electron chi connectivity index (χ4n) is 2.85. The van der Waals surface area contributed by atoms with E-state index in [1.807, 2.05) is 37.3 Å². The Hall–Kier alpha value is -4.14. The first-order valence-electron chi connectivity index (χ1n) is 10.5. The van der Waals surface area contributed by atoms with Gasteiger partial charge < -0.3 is 24.8 Å². The first-order chi connectivity index (χ1) is 16.0. The van der Waals surface area contributed by atoms with Crippen molar-refractivity contribution in [1.29, 1.82) is 0 Å². The number of ether oxygens (including phenoxy) is 3. The summed E-state index contributed by atoms with van der Waals surface area (Å²) in [6, 6.07) is 18.0. The number of nitrogens with one attached hydrogen (secondary N) is 2. The molecular formula is C24H26N4O5. The Kier molecular flexibility index (Phi) is 8.58. The molecule has 0 aliphatic heterocycles. The predicted molar refractivity (Wildman–Crippen MR) is 123 cm³/mol. The average Bonchev–Trinajstić information content (AvgIpc) is 2.81. The van der Waals surface area contributed by atoms with E-state index in [2.05, 4.69) is 20.8 Å². The van der Waals surface area contributed by atoms with Gasteiger partial charge in [-0.1, -0.05) is 6.07 Å². The van der Waals surface area contributed by atoms with E-state index in [1.54, 1.807) is 30.3 Å². The van der Waals surface area contributed by atoms with Crippen LogP contribution < -0.4 is 24.8 Å². The standard InChI is InChI=1S/C24H26N4O5/c1-3-31-20-9-7-18(8-10-20)22-11-12-24(28-27-22)32-14-13-25-23(30)16-33-21-6-4-5-19(15-21)26-17(2)29/h4-12,15H,3,13-14,16H2,1-2H3,(H,25,30)(H,26,29). The van der Waals surface area contributed by atoms with Crippen molar-refractivity contribution >= 4 is 17.5 Å². The molecule has 0 fully saturated rings. The maximum Gasteiger partial charge on any atom is 0.258 e. The minimum Gasteiger partial charge on any atom is -0.494 e. The maximum absolute atomic E-state index is 12.0. The van der Waals surface area contributed by atoms with Crippen molar-refractivity contribution in [3.63, 3.8) is 0 Å². The van der Waals surface area contributed by atoms with Crippen molar-refractivity contribution < 1.29 is 23.8 Å². The molecule has 33 heavy (non-hydrogen) atoms. The summed E-state index contributed by atoms with van der Waals surface area (Å²) in [5.74, 6) is 1.18. The molecule has 3 aromatic rings. The Morgan fingerprint density at radius 3 is 2.42 bits per heavy atom. The van der Waals surface area contributed by atoms with Crippen LogP contribution in [0.15, 0.2) is 60.7 Å². The van der Waals surface area contributed by atoms with E-state index in [-0.39, 0.29) is 31.6 Å². The quantitative estimate of drug-likeness (QED) is 0.432. The predicted octanol–water partition coefficient (Wildman–Crippen LogP) is 3.07. The van der Waals surface area contributed by atoms with Crippen molar-refractivity contribution in [2.75, 3.05) is 31.7 Å². The van der Waals surface area contributed by atoms with Crippen LogP contribution in [0.3, 0.4) is 0 Å². The Morgan fingerprint density at radius 2 is 1.73 bits per heavy atom. The Balaban J connectivity index is 1.37. The first kappa shape index (κ1) is 23.5. The number of anilines is 1. The summed E-state index contributed by atoms with van der Waals surface area (Å²) in [7, 11) is 0. The number of aromatic nitrogens is 2. The highest BCUT2D eigenvalue weighted by atomic mass is 16.5. The van der Waals surface area contributed by atoms with Gasteiger partial charge in [-0.15, -0.1) is 10.2 Å². The van der Waals surface area contributed by atoms with Crippen molar-refractivity contribution in [3.8, 4) is 28.6 Å². The Morgan fingerprint density at radius 1 is 0.909 bits per heavy atom. The van der Waals surface area contributed by atoms with Crippen LogP contribution in [-0.4, -0.2) is 48.4 Å². The van der Waals surface area contributed by atoms with E-state index in [4.69, 9.17) is 14.2 Å². The van der Waals surface area contributed by atoms with Gasteiger partial charge in [-0.3, -0.25) is 9.59 Å². The van der Waals surface area contributed by atoms with Gasteiger partial charge in [0, 0.05) is 30.3 Å². The minimum absolute atomic E-state index is 0.153. The Bertz CT molecular complexity index is 1060. The van der Waals surface area contributed by atoms with Gasteiger partial charge in [0.1, 0.15) is 18.1 Å². The molecular weight excluding hydrogens is 424 g/mol. The lowest BCUT2D eigenvalue weighted by Crippen LogP contribution is -2.32. The molecule has 0 unspecified atom stereocenters. The van der Waals surface area contributed by atoms with E-state index in [0.717, 1.165) is 17.0 Å². The molecule has 1 heterocycles. The summed E-state index contributed by atoms with van der Waals surface area (Å²) >= 11 is 0. The van der Waals surface area contributed by atoms with Crippen molar-refractivity contribution in [1.82, 2.24) is 15.5 Å². The zero-order valence-corrected chi connectivity index (χ0v) is 18.5. The van der Waals surface area contributed by atoms with Crippen molar-refractivity contribution in [2.45, 2.75) is 13.8 Å². The molecule has 3 rings (SSSR count). The summed E-state index contributed by atoms with van der Waals surface area (Å²) < 4.78 is 16.4. The topological polar surface area (TPSA) is 112 Å². The van der Waals surface area contributed by atoms with E-state index < -0.39 is 0 Å². The molecule has 0 aliphatic carbocycles. The molecule has 2 N–H and O–H groups in total. The first-order valence-corrected chi connectivity index (χ1v) is 10.5. The molecule has 0 spiro atoms. The van der Waals surface area contributed by atoms with Gasteiger partial charge in [-0.2, -0.15) is 0 Å². The zero-order valence-electron chi connectivity index (χ0n) is 18.5. The van der Waals surface area contributed by atoms with Crippen molar-refractivity contribution in [2.24, 2.45) is 0 Å². The number of rotatable bonds is 11. The highest BCUT2D eigenvalue weighted by Crippen LogP contribution is 2.21. The molecule has 1 aromatic heterocycles. The molecule has 0 atom stereocenters. The van der Waals surface area contributed by atoms with Gasteiger partial charge in [0.25, 0.3) is 5.91 Å². The molecule has 9 nitrogen and oxygen atoms in total. The van der Waals surface area contributed by atoms with Gasteiger partial charge >= 0.3 is 0 Å². The lowest BCUT2D eigenvalue weighted by molar-refractivity contribution is -0.123. The molecule has 0 saturated carbocycles. The van der Waals surface area contributed by atoms with Gasteiger partial charge in [0.05, 0.1) is 18.8 Å². The van der Waals surface area contributed by atoms with Gasteiger partial charge in [0.2, 0.25) is 11.8 Å². The lowest BCUT2D eigenvalue weighted by atomic mass is 10.1. The number of amides is 2. The summed E-state index contributed by atoms with van der Waals surface area (Å²) in [5.41, 5.74) is 2.24. The number of benzene rings is 2. The largest absolute Gasteiger partial charge is 0.494 e. The van der Waals surface area contributed by atoms with Gasteiger partial charge in [0.15, 0.2) is 6.61 Å². The molecule has 0 radical (unpaired) electrons. The fourth-order valence-corrected chi connectivity index (χ4v) is 2.85. The van der Waals surface area contributed by atoms with Crippen LogP contribution in [0, 0.1) is 0 Å². The minimum atomic E-state index is -0.291. The lowest BCUT2D eigenvalue weighted by Gasteiger charge is -2.10.